The topological polar surface area (TPSA) is 37.1 Å². The van der Waals surface area contributed by atoms with Crippen molar-refractivity contribution in [2.75, 3.05) is 19.6 Å². The summed E-state index contributed by atoms with van der Waals surface area (Å²) in [7, 11) is 0. The molecule has 0 bridgehead atoms. The normalized spacial score (nSPS) is 21.4. The van der Waals surface area contributed by atoms with Crippen molar-refractivity contribution in [3.8, 4) is 0 Å². The number of amides is 1. The standard InChI is InChI=1S/C22H21N3OS2/c26-21(25-12-8-18(23-25)16-5-2-1-3-6-16)15-24-11-9-19-17(10-14-28-19)22(24)20-7-4-13-27-20/h1-7,10,13-14,22H,8-9,11-12,15H2/p+1/t22-/m0/s1. The first-order valence-corrected chi connectivity index (χ1v) is 11.4. The van der Waals surface area contributed by atoms with Crippen LogP contribution in [-0.4, -0.2) is 36.3 Å². The van der Waals surface area contributed by atoms with Crippen LogP contribution in [0.4, 0.5) is 0 Å². The van der Waals surface area contributed by atoms with Crippen LogP contribution in [-0.2, 0) is 11.2 Å². The Balaban J connectivity index is 1.35. The second kappa shape index (κ2) is 7.62. The van der Waals surface area contributed by atoms with Gasteiger partial charge in [0.05, 0.1) is 23.7 Å². The number of hydrazone groups is 1. The first kappa shape index (κ1) is 17.8. The van der Waals surface area contributed by atoms with Crippen molar-refractivity contribution in [1.29, 1.82) is 0 Å². The number of thiophene rings is 2. The molecular weight excluding hydrogens is 386 g/mol. The summed E-state index contributed by atoms with van der Waals surface area (Å²) in [4.78, 5) is 17.2. The maximum absolute atomic E-state index is 13.1. The van der Waals surface area contributed by atoms with E-state index < -0.39 is 0 Å². The highest BCUT2D eigenvalue weighted by molar-refractivity contribution is 7.10. The van der Waals surface area contributed by atoms with Gasteiger partial charge in [-0.3, -0.25) is 4.79 Å². The molecule has 2 atom stereocenters. The van der Waals surface area contributed by atoms with Gasteiger partial charge >= 0.3 is 0 Å². The summed E-state index contributed by atoms with van der Waals surface area (Å²) in [5.41, 5.74) is 3.52. The monoisotopic (exact) mass is 408 g/mol. The van der Waals surface area contributed by atoms with Crippen LogP contribution in [0.3, 0.4) is 0 Å². The average Bonchev–Trinajstić information content (AvgIpc) is 3.49. The number of benzene rings is 1. The molecule has 4 heterocycles. The second-order valence-electron chi connectivity index (χ2n) is 7.26. The zero-order valence-corrected chi connectivity index (χ0v) is 17.1. The van der Waals surface area contributed by atoms with Gasteiger partial charge < -0.3 is 4.90 Å². The van der Waals surface area contributed by atoms with E-state index in [1.54, 1.807) is 16.3 Å². The smallest absolute Gasteiger partial charge is 0.297 e. The number of carbonyl (C=O) groups is 1. The fourth-order valence-electron chi connectivity index (χ4n) is 4.21. The summed E-state index contributed by atoms with van der Waals surface area (Å²) >= 11 is 3.63. The summed E-state index contributed by atoms with van der Waals surface area (Å²) in [5, 5.41) is 10.6. The van der Waals surface area contributed by atoms with Crippen LogP contribution in [0.15, 0.2) is 64.4 Å². The molecule has 0 aliphatic carbocycles. The van der Waals surface area contributed by atoms with Crippen LogP contribution < -0.4 is 4.90 Å². The van der Waals surface area contributed by atoms with Gasteiger partial charge in [-0.2, -0.15) is 5.10 Å². The van der Waals surface area contributed by atoms with Gasteiger partial charge in [0.2, 0.25) is 0 Å². The van der Waals surface area contributed by atoms with E-state index in [4.69, 9.17) is 0 Å². The molecule has 1 amide bonds. The third kappa shape index (κ3) is 3.32. The molecule has 1 unspecified atom stereocenters. The van der Waals surface area contributed by atoms with Gasteiger partial charge in [-0.1, -0.05) is 36.4 Å². The van der Waals surface area contributed by atoms with E-state index in [0.29, 0.717) is 13.1 Å². The van der Waals surface area contributed by atoms with Crippen molar-refractivity contribution < 1.29 is 9.69 Å². The quantitative estimate of drug-likeness (QED) is 0.708. The van der Waals surface area contributed by atoms with E-state index >= 15 is 0 Å². The minimum atomic E-state index is 0.126. The van der Waals surface area contributed by atoms with Crippen molar-refractivity contribution in [1.82, 2.24) is 5.01 Å². The number of nitrogens with one attached hydrogen (secondary N) is 1. The number of hydrogen-bond donors (Lipinski definition) is 1. The molecule has 2 aliphatic rings. The van der Waals surface area contributed by atoms with Crippen molar-refractivity contribution in [2.45, 2.75) is 18.9 Å². The maximum atomic E-state index is 13.1. The molecule has 0 saturated heterocycles. The predicted octanol–water partition coefficient (Wildman–Crippen LogP) is 2.98. The molecule has 2 aliphatic heterocycles. The summed E-state index contributed by atoms with van der Waals surface area (Å²) in [6.07, 6.45) is 1.88. The van der Waals surface area contributed by atoms with Gasteiger partial charge in [0.25, 0.3) is 5.91 Å². The molecular formula is C22H22N3OS2+. The van der Waals surface area contributed by atoms with Gasteiger partial charge in [0.1, 0.15) is 6.04 Å². The highest BCUT2D eigenvalue weighted by Gasteiger charge is 2.36. The zero-order valence-electron chi connectivity index (χ0n) is 15.5. The fourth-order valence-corrected chi connectivity index (χ4v) is 6.03. The third-order valence-corrected chi connectivity index (χ3v) is 7.51. The molecule has 142 valence electrons. The Hall–Kier alpha value is -2.28. The van der Waals surface area contributed by atoms with Crippen LogP contribution in [0, 0.1) is 0 Å². The molecule has 1 aromatic carbocycles. The molecule has 6 heteroatoms. The number of quaternary nitrogens is 1. The molecule has 0 fully saturated rings. The Bertz CT molecular complexity index is 994. The molecule has 1 N–H and O–H groups in total. The molecule has 2 aromatic heterocycles. The number of hydrogen-bond acceptors (Lipinski definition) is 4. The van der Waals surface area contributed by atoms with Crippen LogP contribution in [0.1, 0.15) is 33.3 Å². The largest absolute Gasteiger partial charge is 0.316 e. The fraction of sp³-hybridized carbons (Fsp3) is 0.273. The third-order valence-electron chi connectivity index (χ3n) is 5.58. The van der Waals surface area contributed by atoms with Gasteiger partial charge in [-0.05, 0) is 28.5 Å². The van der Waals surface area contributed by atoms with Crippen LogP contribution in [0.2, 0.25) is 0 Å². The minimum Gasteiger partial charge on any atom is -0.316 e. The first-order valence-electron chi connectivity index (χ1n) is 9.67. The maximum Gasteiger partial charge on any atom is 0.297 e. The first-order chi connectivity index (χ1) is 13.8. The Labute approximate surface area is 172 Å². The molecule has 5 rings (SSSR count). The number of nitrogens with zero attached hydrogens (tertiary/aromatic N) is 2. The SMILES string of the molecule is O=C(C[NH+]1CCc2sccc2[C@H]1c1cccs1)N1CCC(c2ccccc2)=N1. The second-order valence-corrected chi connectivity index (χ2v) is 9.24. The average molecular weight is 409 g/mol. The molecule has 0 spiro atoms. The molecule has 0 radical (unpaired) electrons. The Morgan fingerprint density at radius 3 is 2.79 bits per heavy atom. The van der Waals surface area contributed by atoms with Gasteiger partial charge in [-0.25, -0.2) is 5.01 Å². The van der Waals surface area contributed by atoms with E-state index in [1.165, 1.54) is 20.2 Å². The molecule has 4 nitrogen and oxygen atoms in total. The number of fused-ring (bicyclic) bond motifs is 1. The molecule has 28 heavy (non-hydrogen) atoms. The van der Waals surface area contributed by atoms with Crippen LogP contribution >= 0.6 is 22.7 Å². The lowest BCUT2D eigenvalue weighted by molar-refractivity contribution is -0.919. The summed E-state index contributed by atoms with van der Waals surface area (Å²) in [6.45, 7) is 2.16. The summed E-state index contributed by atoms with van der Waals surface area (Å²) in [5.74, 6) is 0.126. The van der Waals surface area contributed by atoms with Crippen LogP contribution in [0.25, 0.3) is 0 Å². The van der Waals surface area contributed by atoms with Crippen molar-refractivity contribution >= 4 is 34.3 Å². The van der Waals surface area contributed by atoms with E-state index in [2.05, 4.69) is 46.2 Å². The highest BCUT2D eigenvalue weighted by Crippen LogP contribution is 2.31. The van der Waals surface area contributed by atoms with Crippen molar-refractivity contribution in [3.05, 3.63) is 80.2 Å². The van der Waals surface area contributed by atoms with E-state index in [-0.39, 0.29) is 11.9 Å². The summed E-state index contributed by atoms with van der Waals surface area (Å²) < 4.78 is 0. The molecule has 0 saturated carbocycles. The van der Waals surface area contributed by atoms with Crippen molar-refractivity contribution in [2.24, 2.45) is 5.10 Å². The lowest BCUT2D eigenvalue weighted by atomic mass is 9.98. The number of rotatable bonds is 4. The van der Waals surface area contributed by atoms with E-state index in [1.807, 2.05) is 29.5 Å². The van der Waals surface area contributed by atoms with Crippen molar-refractivity contribution in [3.63, 3.8) is 0 Å². The highest BCUT2D eigenvalue weighted by atomic mass is 32.1. The minimum absolute atomic E-state index is 0.126. The Morgan fingerprint density at radius 1 is 1.07 bits per heavy atom. The Kier molecular flexibility index (Phi) is 4.84. The summed E-state index contributed by atoms with van der Waals surface area (Å²) in [6, 6.07) is 17.0. The van der Waals surface area contributed by atoms with Crippen LogP contribution in [0.5, 0.6) is 0 Å². The van der Waals surface area contributed by atoms with E-state index in [0.717, 1.165) is 30.7 Å². The van der Waals surface area contributed by atoms with Gasteiger partial charge in [0.15, 0.2) is 6.54 Å². The zero-order chi connectivity index (χ0) is 18.9. The predicted molar refractivity (Wildman–Crippen MR) is 114 cm³/mol. The van der Waals surface area contributed by atoms with Gasteiger partial charge in [-0.15, -0.1) is 22.7 Å². The van der Waals surface area contributed by atoms with E-state index in [9.17, 15) is 4.79 Å². The molecule has 3 aromatic rings. The Morgan fingerprint density at radius 2 is 1.96 bits per heavy atom. The van der Waals surface area contributed by atoms with Gasteiger partial charge in [0, 0.05) is 23.3 Å². The lowest BCUT2D eigenvalue weighted by Gasteiger charge is -2.32. The lowest BCUT2D eigenvalue weighted by Crippen LogP contribution is -3.14. The number of carbonyl (C=O) groups excluding carboxylic acids is 1.